The Morgan fingerprint density at radius 2 is 1.72 bits per heavy atom. The Balaban J connectivity index is 4.27. The minimum Gasteiger partial charge on any atom is -0.461 e. The first-order valence-electron chi connectivity index (χ1n) is 5.82. The molecular formula is C12H22O6. The van der Waals surface area contributed by atoms with E-state index in [1.54, 1.807) is 13.0 Å². The summed E-state index contributed by atoms with van der Waals surface area (Å²) >= 11 is 0. The lowest BCUT2D eigenvalue weighted by Crippen LogP contribution is -2.39. The molecule has 0 aromatic heterocycles. The van der Waals surface area contributed by atoms with Gasteiger partial charge in [0.15, 0.2) is 0 Å². The summed E-state index contributed by atoms with van der Waals surface area (Å²) in [7, 11) is 0. The van der Waals surface area contributed by atoms with Gasteiger partial charge in [0.1, 0.15) is 6.61 Å². The number of carbonyl (C=O) groups excluding carboxylic acids is 1. The van der Waals surface area contributed by atoms with E-state index in [1.807, 2.05) is 0 Å². The molecule has 0 fully saturated rings. The first-order chi connectivity index (χ1) is 8.55. The summed E-state index contributed by atoms with van der Waals surface area (Å²) in [5.74, 6) is -0.562. The van der Waals surface area contributed by atoms with Gasteiger partial charge in [0.2, 0.25) is 0 Å². The van der Waals surface area contributed by atoms with Crippen LogP contribution in [0.1, 0.15) is 19.8 Å². The van der Waals surface area contributed by atoms with Gasteiger partial charge in [-0.15, -0.1) is 0 Å². The zero-order valence-electron chi connectivity index (χ0n) is 10.6. The van der Waals surface area contributed by atoms with Crippen LogP contribution in [0.3, 0.4) is 0 Å². The lowest BCUT2D eigenvalue weighted by atomic mass is 9.93. The number of hydrogen-bond acceptors (Lipinski definition) is 6. The lowest BCUT2D eigenvalue weighted by molar-refractivity contribution is -0.146. The van der Waals surface area contributed by atoms with Crippen LogP contribution in [-0.2, 0) is 9.53 Å². The Hall–Kier alpha value is -0.950. The molecule has 0 aliphatic heterocycles. The van der Waals surface area contributed by atoms with Crippen LogP contribution < -0.4 is 0 Å². The summed E-state index contributed by atoms with van der Waals surface area (Å²) in [5, 5.41) is 35.7. The van der Waals surface area contributed by atoms with Crippen LogP contribution in [0.2, 0.25) is 0 Å². The SMILES string of the molecule is CC(=CCCCO)C(=O)OCC(CO)(CO)CO. The van der Waals surface area contributed by atoms with E-state index < -0.39 is 31.2 Å². The molecule has 0 aliphatic carbocycles. The van der Waals surface area contributed by atoms with E-state index in [1.165, 1.54) is 0 Å². The highest BCUT2D eigenvalue weighted by Gasteiger charge is 2.30. The quantitative estimate of drug-likeness (QED) is 0.246. The molecule has 18 heavy (non-hydrogen) atoms. The van der Waals surface area contributed by atoms with E-state index in [0.717, 1.165) is 0 Å². The summed E-state index contributed by atoms with van der Waals surface area (Å²) in [6.45, 7) is -0.0259. The Morgan fingerprint density at radius 1 is 1.17 bits per heavy atom. The topological polar surface area (TPSA) is 107 Å². The molecule has 0 saturated heterocycles. The Kier molecular flexibility index (Phi) is 8.57. The molecule has 0 rings (SSSR count). The molecule has 6 heteroatoms. The van der Waals surface area contributed by atoms with Crippen LogP contribution in [0.5, 0.6) is 0 Å². The predicted molar refractivity (Wildman–Crippen MR) is 64.7 cm³/mol. The van der Waals surface area contributed by atoms with Gasteiger partial charge in [-0.1, -0.05) is 6.08 Å². The maximum absolute atomic E-state index is 11.5. The predicted octanol–water partition coefficient (Wildman–Crippen LogP) is -0.788. The van der Waals surface area contributed by atoms with E-state index >= 15 is 0 Å². The average molecular weight is 262 g/mol. The highest BCUT2D eigenvalue weighted by Crippen LogP contribution is 2.16. The minimum atomic E-state index is -1.21. The molecule has 0 bridgehead atoms. The van der Waals surface area contributed by atoms with Gasteiger partial charge in [-0.05, 0) is 19.8 Å². The summed E-state index contributed by atoms with van der Waals surface area (Å²) < 4.78 is 4.92. The molecule has 0 aromatic rings. The van der Waals surface area contributed by atoms with Crippen LogP contribution in [0, 0.1) is 5.41 Å². The van der Waals surface area contributed by atoms with Crippen molar-refractivity contribution in [2.75, 3.05) is 33.0 Å². The summed E-state index contributed by atoms with van der Waals surface area (Å²) in [6.07, 6.45) is 2.79. The van der Waals surface area contributed by atoms with Crippen molar-refractivity contribution in [2.24, 2.45) is 5.41 Å². The monoisotopic (exact) mass is 262 g/mol. The van der Waals surface area contributed by atoms with Gasteiger partial charge in [0, 0.05) is 12.2 Å². The van der Waals surface area contributed by atoms with E-state index in [0.29, 0.717) is 18.4 Å². The van der Waals surface area contributed by atoms with Crippen molar-refractivity contribution in [2.45, 2.75) is 19.8 Å². The number of aliphatic hydroxyl groups is 4. The highest BCUT2D eigenvalue weighted by molar-refractivity contribution is 5.87. The fourth-order valence-electron chi connectivity index (χ4n) is 1.11. The number of rotatable bonds is 9. The molecule has 106 valence electrons. The largest absolute Gasteiger partial charge is 0.461 e. The first kappa shape index (κ1) is 17.1. The molecule has 0 saturated carbocycles. The Labute approximate surface area is 107 Å². The standard InChI is InChI=1S/C12H22O6/c1-10(4-2-3-5-13)11(17)18-9-12(6-14,7-15)8-16/h4,13-16H,2-3,5-9H2,1H3. The number of esters is 1. The van der Waals surface area contributed by atoms with Gasteiger partial charge in [0.25, 0.3) is 0 Å². The van der Waals surface area contributed by atoms with E-state index in [2.05, 4.69) is 0 Å². The minimum absolute atomic E-state index is 0.0570. The van der Waals surface area contributed by atoms with Crippen molar-refractivity contribution in [3.8, 4) is 0 Å². The van der Waals surface area contributed by atoms with Crippen LogP contribution in [0.15, 0.2) is 11.6 Å². The lowest BCUT2D eigenvalue weighted by Gasteiger charge is -2.26. The fourth-order valence-corrected chi connectivity index (χ4v) is 1.11. The summed E-state index contributed by atoms with van der Waals surface area (Å²) in [4.78, 5) is 11.5. The van der Waals surface area contributed by atoms with Gasteiger partial charge in [-0.25, -0.2) is 4.79 Å². The van der Waals surface area contributed by atoms with Gasteiger partial charge in [0.05, 0.1) is 25.2 Å². The van der Waals surface area contributed by atoms with Crippen molar-refractivity contribution < 1.29 is 30.0 Å². The maximum atomic E-state index is 11.5. The molecule has 0 heterocycles. The number of unbranched alkanes of at least 4 members (excludes halogenated alkanes) is 1. The second kappa shape index (κ2) is 9.04. The molecule has 0 atom stereocenters. The third kappa shape index (κ3) is 5.59. The van der Waals surface area contributed by atoms with Crippen LogP contribution in [0.4, 0.5) is 0 Å². The van der Waals surface area contributed by atoms with Crippen molar-refractivity contribution in [3.05, 3.63) is 11.6 Å². The third-order valence-electron chi connectivity index (χ3n) is 2.65. The van der Waals surface area contributed by atoms with Crippen molar-refractivity contribution in [1.82, 2.24) is 0 Å². The van der Waals surface area contributed by atoms with Crippen LogP contribution in [-0.4, -0.2) is 59.4 Å². The van der Waals surface area contributed by atoms with Gasteiger partial charge in [-0.3, -0.25) is 0 Å². The number of aliphatic hydroxyl groups excluding tert-OH is 4. The zero-order valence-corrected chi connectivity index (χ0v) is 10.6. The molecule has 0 aromatic carbocycles. The van der Waals surface area contributed by atoms with Crippen molar-refractivity contribution >= 4 is 5.97 Å². The van der Waals surface area contributed by atoms with Crippen LogP contribution >= 0.6 is 0 Å². The van der Waals surface area contributed by atoms with E-state index in [-0.39, 0.29) is 13.2 Å². The average Bonchev–Trinajstić information content (AvgIpc) is 2.40. The molecule has 6 nitrogen and oxygen atoms in total. The second-order valence-corrected chi connectivity index (χ2v) is 4.30. The summed E-state index contributed by atoms with van der Waals surface area (Å²) in [5.41, 5.74) is -0.813. The number of ether oxygens (including phenoxy) is 1. The first-order valence-corrected chi connectivity index (χ1v) is 5.82. The Morgan fingerprint density at radius 3 is 2.17 bits per heavy atom. The van der Waals surface area contributed by atoms with Gasteiger partial charge in [-0.2, -0.15) is 0 Å². The van der Waals surface area contributed by atoms with Crippen molar-refractivity contribution in [1.29, 1.82) is 0 Å². The van der Waals surface area contributed by atoms with E-state index in [9.17, 15) is 4.79 Å². The van der Waals surface area contributed by atoms with Crippen LogP contribution in [0.25, 0.3) is 0 Å². The third-order valence-corrected chi connectivity index (χ3v) is 2.65. The number of hydrogen-bond donors (Lipinski definition) is 4. The summed E-state index contributed by atoms with van der Waals surface area (Å²) in [6, 6.07) is 0. The van der Waals surface area contributed by atoms with Crippen molar-refractivity contribution in [3.63, 3.8) is 0 Å². The molecule has 4 N–H and O–H groups in total. The molecule has 0 amide bonds. The zero-order chi connectivity index (χ0) is 14.0. The second-order valence-electron chi connectivity index (χ2n) is 4.30. The maximum Gasteiger partial charge on any atom is 0.333 e. The smallest absolute Gasteiger partial charge is 0.333 e. The molecule has 0 aliphatic rings. The molecule has 0 spiro atoms. The highest BCUT2D eigenvalue weighted by atomic mass is 16.5. The number of allylic oxidation sites excluding steroid dienone is 1. The van der Waals surface area contributed by atoms with E-state index in [4.69, 9.17) is 25.2 Å². The van der Waals surface area contributed by atoms with Gasteiger partial charge >= 0.3 is 5.97 Å². The number of carbonyl (C=O) groups is 1. The Bertz CT molecular complexity index is 261. The molecule has 0 unspecified atom stereocenters. The fraction of sp³-hybridized carbons (Fsp3) is 0.750. The normalized spacial score (nSPS) is 12.6. The molecule has 0 radical (unpaired) electrons. The molecular weight excluding hydrogens is 240 g/mol. The van der Waals surface area contributed by atoms with Gasteiger partial charge < -0.3 is 25.2 Å².